The van der Waals surface area contributed by atoms with Crippen molar-refractivity contribution in [2.24, 2.45) is 5.92 Å². The van der Waals surface area contributed by atoms with Gasteiger partial charge >= 0.3 is 5.97 Å². The minimum absolute atomic E-state index is 0.317. The van der Waals surface area contributed by atoms with Gasteiger partial charge in [0.1, 0.15) is 5.82 Å². The number of carboxylic acid groups (broad SMARTS) is 1. The summed E-state index contributed by atoms with van der Waals surface area (Å²) in [6, 6.07) is 3.44. The molecule has 0 fully saturated rings. The molecule has 0 aliphatic rings. The van der Waals surface area contributed by atoms with Crippen molar-refractivity contribution in [1.82, 2.24) is 4.98 Å². The van der Waals surface area contributed by atoms with E-state index in [1.54, 1.807) is 18.3 Å². The van der Waals surface area contributed by atoms with Gasteiger partial charge in [0.2, 0.25) is 0 Å². The van der Waals surface area contributed by atoms with Crippen LogP contribution in [-0.2, 0) is 11.2 Å². The molecule has 0 radical (unpaired) electrons. The number of carbonyl (C=O) groups is 1. The molecule has 1 aromatic rings. The largest absolute Gasteiger partial charge is 0.481 e. The first-order chi connectivity index (χ1) is 6.63. The maximum absolute atomic E-state index is 10.7. The van der Waals surface area contributed by atoms with Gasteiger partial charge in [0.05, 0.1) is 5.92 Å². The zero-order chi connectivity index (χ0) is 10.6. The van der Waals surface area contributed by atoms with Gasteiger partial charge in [-0.05, 0) is 24.1 Å². The molecule has 0 aliphatic heterocycles. The smallest absolute Gasteiger partial charge is 0.307 e. The Morgan fingerprint density at radius 2 is 2.43 bits per heavy atom. The molecule has 3 N–H and O–H groups in total. The molecule has 1 aromatic heterocycles. The van der Waals surface area contributed by atoms with E-state index in [1.807, 2.05) is 0 Å². The van der Waals surface area contributed by atoms with E-state index in [4.69, 9.17) is 10.8 Å². The quantitative estimate of drug-likeness (QED) is 0.646. The molecule has 0 bridgehead atoms. The zero-order valence-electron chi connectivity index (χ0n) is 7.55. The number of pyridine rings is 1. The molecule has 14 heavy (non-hydrogen) atoms. The van der Waals surface area contributed by atoms with E-state index in [1.165, 1.54) is 0 Å². The summed E-state index contributed by atoms with van der Waals surface area (Å²) in [4.78, 5) is 14.6. The highest BCUT2D eigenvalue weighted by atomic mass is 32.1. The second-order valence-corrected chi connectivity index (χ2v) is 3.38. The summed E-state index contributed by atoms with van der Waals surface area (Å²) in [5.41, 5.74) is 6.35. The Bertz CT molecular complexity index is 330. The van der Waals surface area contributed by atoms with Crippen molar-refractivity contribution >= 4 is 24.4 Å². The third kappa shape index (κ3) is 2.92. The molecular formula is C9H12N2O2S. The molecule has 1 unspecified atom stereocenters. The summed E-state index contributed by atoms with van der Waals surface area (Å²) in [5, 5.41) is 8.81. The lowest BCUT2D eigenvalue weighted by Gasteiger charge is -2.08. The minimum atomic E-state index is -0.838. The van der Waals surface area contributed by atoms with Crippen LogP contribution in [-0.4, -0.2) is 21.8 Å². The summed E-state index contributed by atoms with van der Waals surface area (Å²) in [7, 11) is 0. The van der Waals surface area contributed by atoms with E-state index in [9.17, 15) is 4.79 Å². The fraction of sp³-hybridized carbons (Fsp3) is 0.333. The fourth-order valence-corrected chi connectivity index (χ4v) is 1.42. The summed E-state index contributed by atoms with van der Waals surface area (Å²) < 4.78 is 0. The summed E-state index contributed by atoms with van der Waals surface area (Å²) in [6.45, 7) is 0. The standard InChI is InChI=1S/C9H12N2O2S/c10-8-4-6(1-2-11-8)3-7(5-14)9(12)13/h1-2,4,7,14H,3,5H2,(H2,10,11)(H,12,13). The summed E-state index contributed by atoms with van der Waals surface area (Å²) >= 11 is 3.98. The number of nitrogen functional groups attached to an aromatic ring is 1. The average Bonchev–Trinajstić information content (AvgIpc) is 2.14. The third-order valence-corrected chi connectivity index (χ3v) is 2.34. The molecule has 1 rings (SSSR count). The monoisotopic (exact) mass is 212 g/mol. The average molecular weight is 212 g/mol. The molecule has 0 aliphatic carbocycles. The number of anilines is 1. The predicted octanol–water partition coefficient (Wildman–Crippen LogP) is 0.837. The lowest BCUT2D eigenvalue weighted by atomic mass is 10.0. The number of aromatic nitrogens is 1. The molecule has 4 nitrogen and oxygen atoms in total. The highest BCUT2D eigenvalue weighted by molar-refractivity contribution is 7.80. The van der Waals surface area contributed by atoms with Gasteiger partial charge in [-0.2, -0.15) is 12.6 Å². The number of nitrogens with zero attached hydrogens (tertiary/aromatic N) is 1. The second-order valence-electron chi connectivity index (χ2n) is 3.01. The molecule has 0 amide bonds. The molecule has 5 heteroatoms. The fourth-order valence-electron chi connectivity index (χ4n) is 1.14. The Kier molecular flexibility index (Phi) is 3.76. The first-order valence-corrected chi connectivity index (χ1v) is 4.80. The summed E-state index contributed by atoms with van der Waals surface area (Å²) in [5.74, 6) is -0.585. The number of rotatable bonds is 4. The van der Waals surface area contributed by atoms with Gasteiger partial charge in [-0.15, -0.1) is 0 Å². The number of carboxylic acids is 1. The Morgan fingerprint density at radius 1 is 1.71 bits per heavy atom. The van der Waals surface area contributed by atoms with Crippen LogP contribution < -0.4 is 5.73 Å². The van der Waals surface area contributed by atoms with Crippen molar-refractivity contribution in [3.8, 4) is 0 Å². The van der Waals surface area contributed by atoms with Crippen LogP contribution in [0, 0.1) is 5.92 Å². The maximum atomic E-state index is 10.7. The predicted molar refractivity (Wildman–Crippen MR) is 57.3 cm³/mol. The van der Waals surface area contributed by atoms with Crippen molar-refractivity contribution in [1.29, 1.82) is 0 Å². The van der Waals surface area contributed by atoms with Gasteiger partial charge in [-0.1, -0.05) is 0 Å². The maximum Gasteiger partial charge on any atom is 0.307 e. The van der Waals surface area contributed by atoms with Gasteiger partial charge in [0.25, 0.3) is 0 Å². The second kappa shape index (κ2) is 4.85. The Balaban J connectivity index is 2.72. The molecular weight excluding hydrogens is 200 g/mol. The molecule has 0 saturated heterocycles. The number of hydrogen-bond donors (Lipinski definition) is 3. The van der Waals surface area contributed by atoms with Crippen molar-refractivity contribution in [3.05, 3.63) is 23.9 Å². The number of hydrogen-bond acceptors (Lipinski definition) is 4. The number of aliphatic carboxylic acids is 1. The minimum Gasteiger partial charge on any atom is -0.481 e. The lowest BCUT2D eigenvalue weighted by Crippen LogP contribution is -2.18. The van der Waals surface area contributed by atoms with Crippen LogP contribution in [0.25, 0.3) is 0 Å². The highest BCUT2D eigenvalue weighted by Gasteiger charge is 2.15. The Labute approximate surface area is 87.6 Å². The Hall–Kier alpha value is -1.23. The topological polar surface area (TPSA) is 76.2 Å². The van der Waals surface area contributed by atoms with Gasteiger partial charge < -0.3 is 10.8 Å². The van der Waals surface area contributed by atoms with Crippen molar-refractivity contribution in [2.75, 3.05) is 11.5 Å². The van der Waals surface area contributed by atoms with Crippen molar-refractivity contribution in [2.45, 2.75) is 6.42 Å². The van der Waals surface area contributed by atoms with Crippen molar-refractivity contribution < 1.29 is 9.90 Å². The first-order valence-electron chi connectivity index (χ1n) is 4.17. The van der Waals surface area contributed by atoms with Gasteiger partial charge in [-0.25, -0.2) is 4.98 Å². The lowest BCUT2D eigenvalue weighted by molar-refractivity contribution is -0.140. The van der Waals surface area contributed by atoms with Gasteiger partial charge in [0.15, 0.2) is 0 Å². The van der Waals surface area contributed by atoms with Crippen LogP contribution in [0.3, 0.4) is 0 Å². The summed E-state index contributed by atoms with van der Waals surface area (Å²) in [6.07, 6.45) is 2.01. The van der Waals surface area contributed by atoms with Crippen LogP contribution in [0.4, 0.5) is 5.82 Å². The van der Waals surface area contributed by atoms with Crippen LogP contribution in [0.15, 0.2) is 18.3 Å². The van der Waals surface area contributed by atoms with Crippen LogP contribution in [0.2, 0.25) is 0 Å². The van der Waals surface area contributed by atoms with Gasteiger partial charge in [-0.3, -0.25) is 4.79 Å². The van der Waals surface area contributed by atoms with Crippen LogP contribution in [0.5, 0.6) is 0 Å². The Morgan fingerprint density at radius 3 is 2.93 bits per heavy atom. The van der Waals surface area contributed by atoms with Crippen LogP contribution >= 0.6 is 12.6 Å². The molecule has 0 spiro atoms. The molecule has 0 aromatic carbocycles. The number of nitrogens with two attached hydrogens (primary N) is 1. The molecule has 0 saturated carbocycles. The molecule has 1 atom stereocenters. The SMILES string of the molecule is Nc1cc(CC(CS)C(=O)O)ccn1. The van der Waals surface area contributed by atoms with E-state index >= 15 is 0 Å². The van der Waals surface area contributed by atoms with E-state index in [2.05, 4.69) is 17.6 Å². The molecule has 1 heterocycles. The van der Waals surface area contributed by atoms with E-state index in [0.29, 0.717) is 18.0 Å². The van der Waals surface area contributed by atoms with E-state index < -0.39 is 11.9 Å². The number of thiol groups is 1. The third-order valence-electron chi connectivity index (χ3n) is 1.90. The van der Waals surface area contributed by atoms with E-state index in [0.717, 1.165) is 5.56 Å². The highest BCUT2D eigenvalue weighted by Crippen LogP contribution is 2.11. The molecule has 76 valence electrons. The first kappa shape index (κ1) is 10.8. The normalized spacial score (nSPS) is 12.4. The van der Waals surface area contributed by atoms with E-state index in [-0.39, 0.29) is 0 Å². The zero-order valence-corrected chi connectivity index (χ0v) is 8.45. The van der Waals surface area contributed by atoms with Crippen molar-refractivity contribution in [3.63, 3.8) is 0 Å². The van der Waals surface area contributed by atoms with Crippen LogP contribution in [0.1, 0.15) is 5.56 Å². The van der Waals surface area contributed by atoms with Gasteiger partial charge in [0, 0.05) is 11.9 Å².